The fraction of sp³-hybridized carbons (Fsp3) is 0.267. The molecular formula is C15H15F3N8O3S. The largest absolute Gasteiger partial charge is 0.573 e. The molecule has 0 saturated carbocycles. The minimum absolute atomic E-state index is 0.102. The standard InChI is InChI=1S/C15H15F3N8O3S/c1-30(27,28)21-8-12(9-2-4-11(5-3-9)29-15(16,17)18)22-14-19-6-10(7-20-14)13-23-25-26-24-13/h2-7,12,21H,8H2,1H3,(H,19,20,22)(H,23,24,25,26). The molecule has 0 radical (unpaired) electrons. The Morgan fingerprint density at radius 1 is 1.17 bits per heavy atom. The molecule has 1 unspecified atom stereocenters. The van der Waals surface area contributed by atoms with Gasteiger partial charge in [-0.1, -0.05) is 12.1 Å². The van der Waals surface area contributed by atoms with Crippen LogP contribution in [0.4, 0.5) is 19.1 Å². The molecule has 3 N–H and O–H groups in total. The zero-order valence-electron chi connectivity index (χ0n) is 15.3. The van der Waals surface area contributed by atoms with E-state index in [4.69, 9.17) is 0 Å². The van der Waals surface area contributed by atoms with Crippen molar-refractivity contribution >= 4 is 16.0 Å². The van der Waals surface area contributed by atoms with Gasteiger partial charge < -0.3 is 10.1 Å². The summed E-state index contributed by atoms with van der Waals surface area (Å²) >= 11 is 0. The summed E-state index contributed by atoms with van der Waals surface area (Å²) in [5.74, 6) is 0.113. The summed E-state index contributed by atoms with van der Waals surface area (Å²) in [6, 6.07) is 4.31. The fourth-order valence-electron chi connectivity index (χ4n) is 2.35. The maximum absolute atomic E-state index is 12.3. The molecule has 0 fully saturated rings. The first kappa shape index (κ1) is 21.4. The van der Waals surface area contributed by atoms with Crippen LogP contribution < -0.4 is 14.8 Å². The molecule has 0 aliphatic rings. The predicted octanol–water partition coefficient (Wildman–Crippen LogP) is 1.26. The number of tetrazole rings is 1. The third kappa shape index (κ3) is 6.35. The second-order valence-electron chi connectivity index (χ2n) is 5.98. The Balaban J connectivity index is 1.78. The average molecular weight is 444 g/mol. The lowest BCUT2D eigenvalue weighted by Gasteiger charge is -2.20. The third-order valence-corrected chi connectivity index (χ3v) is 4.33. The number of H-pyrrole nitrogens is 1. The molecule has 30 heavy (non-hydrogen) atoms. The summed E-state index contributed by atoms with van der Waals surface area (Å²) in [6.07, 6.45) is -0.940. The number of hydrogen-bond donors (Lipinski definition) is 3. The Kier molecular flexibility index (Phi) is 6.12. The molecule has 0 aliphatic carbocycles. The van der Waals surface area contributed by atoms with Gasteiger partial charge in [0.1, 0.15) is 5.75 Å². The predicted molar refractivity (Wildman–Crippen MR) is 97.5 cm³/mol. The Bertz CT molecular complexity index is 1060. The molecule has 0 aliphatic heterocycles. The van der Waals surface area contributed by atoms with E-state index in [-0.39, 0.29) is 12.5 Å². The summed E-state index contributed by atoms with van der Waals surface area (Å²) in [6.45, 7) is -0.102. The molecule has 3 rings (SSSR count). The second kappa shape index (κ2) is 8.58. The molecule has 2 heterocycles. The molecule has 1 aromatic carbocycles. The average Bonchev–Trinajstić information content (AvgIpc) is 3.19. The molecule has 0 amide bonds. The zero-order valence-corrected chi connectivity index (χ0v) is 16.1. The minimum Gasteiger partial charge on any atom is -0.406 e. The number of sulfonamides is 1. The van der Waals surface area contributed by atoms with Crippen LogP contribution in [0.15, 0.2) is 36.7 Å². The van der Waals surface area contributed by atoms with E-state index >= 15 is 0 Å². The van der Waals surface area contributed by atoms with E-state index in [0.29, 0.717) is 17.0 Å². The van der Waals surface area contributed by atoms with Crippen molar-refractivity contribution in [3.05, 3.63) is 42.2 Å². The van der Waals surface area contributed by atoms with Gasteiger partial charge >= 0.3 is 6.36 Å². The van der Waals surface area contributed by atoms with E-state index < -0.39 is 28.2 Å². The number of nitrogens with zero attached hydrogens (tertiary/aromatic N) is 5. The zero-order chi connectivity index (χ0) is 21.8. The molecule has 1 atom stereocenters. The van der Waals surface area contributed by atoms with Crippen molar-refractivity contribution in [2.45, 2.75) is 12.4 Å². The third-order valence-electron chi connectivity index (χ3n) is 3.64. The molecule has 11 nitrogen and oxygen atoms in total. The highest BCUT2D eigenvalue weighted by Crippen LogP contribution is 2.25. The van der Waals surface area contributed by atoms with Crippen LogP contribution in [0.2, 0.25) is 0 Å². The van der Waals surface area contributed by atoms with Crippen molar-refractivity contribution in [1.29, 1.82) is 0 Å². The van der Waals surface area contributed by atoms with Gasteiger partial charge in [0.2, 0.25) is 16.0 Å². The Labute approximate surface area is 168 Å². The first-order chi connectivity index (χ1) is 14.1. The second-order valence-corrected chi connectivity index (χ2v) is 7.81. The first-order valence-corrected chi connectivity index (χ1v) is 10.1. The van der Waals surface area contributed by atoms with Crippen LogP contribution in [0.5, 0.6) is 5.75 Å². The lowest BCUT2D eigenvalue weighted by Crippen LogP contribution is -2.31. The normalized spacial score (nSPS) is 13.1. The molecule has 15 heteroatoms. The van der Waals surface area contributed by atoms with Gasteiger partial charge in [0.05, 0.1) is 17.9 Å². The minimum atomic E-state index is -4.81. The lowest BCUT2D eigenvalue weighted by molar-refractivity contribution is -0.274. The number of alkyl halides is 3. The highest BCUT2D eigenvalue weighted by Gasteiger charge is 2.31. The lowest BCUT2D eigenvalue weighted by atomic mass is 10.1. The Morgan fingerprint density at radius 2 is 1.83 bits per heavy atom. The van der Waals surface area contributed by atoms with Crippen LogP contribution in [-0.4, -0.2) is 58.2 Å². The van der Waals surface area contributed by atoms with E-state index in [1.165, 1.54) is 24.5 Å². The number of aromatic nitrogens is 6. The van der Waals surface area contributed by atoms with Crippen LogP contribution in [-0.2, 0) is 10.0 Å². The van der Waals surface area contributed by atoms with Crippen molar-refractivity contribution in [2.75, 3.05) is 18.1 Å². The van der Waals surface area contributed by atoms with Gasteiger partial charge in [0.15, 0.2) is 5.82 Å². The van der Waals surface area contributed by atoms with Gasteiger partial charge in [0, 0.05) is 18.9 Å². The van der Waals surface area contributed by atoms with Crippen molar-refractivity contribution in [1.82, 2.24) is 35.3 Å². The van der Waals surface area contributed by atoms with Crippen LogP contribution in [0.25, 0.3) is 11.4 Å². The topological polar surface area (TPSA) is 148 Å². The van der Waals surface area contributed by atoms with Gasteiger partial charge in [-0.25, -0.2) is 28.2 Å². The molecule has 0 saturated heterocycles. The highest BCUT2D eigenvalue weighted by molar-refractivity contribution is 7.88. The summed E-state index contributed by atoms with van der Waals surface area (Å²) < 4.78 is 66.1. The summed E-state index contributed by atoms with van der Waals surface area (Å²) in [7, 11) is -3.52. The quantitative estimate of drug-likeness (QED) is 0.467. The van der Waals surface area contributed by atoms with Gasteiger partial charge in [-0.3, -0.25) is 0 Å². The maximum atomic E-state index is 12.3. The number of halogens is 3. The van der Waals surface area contributed by atoms with Gasteiger partial charge in [-0.2, -0.15) is 0 Å². The van der Waals surface area contributed by atoms with E-state index in [9.17, 15) is 21.6 Å². The number of anilines is 1. The summed E-state index contributed by atoms with van der Waals surface area (Å²) in [5.41, 5.74) is 0.998. The maximum Gasteiger partial charge on any atom is 0.573 e. The summed E-state index contributed by atoms with van der Waals surface area (Å²) in [5, 5.41) is 16.1. The summed E-state index contributed by atoms with van der Waals surface area (Å²) in [4.78, 5) is 8.24. The van der Waals surface area contributed by atoms with E-state index in [1.54, 1.807) is 0 Å². The Hall–Kier alpha value is -3.33. The van der Waals surface area contributed by atoms with Crippen LogP contribution in [0, 0.1) is 0 Å². The number of nitrogens with one attached hydrogen (secondary N) is 3. The smallest absolute Gasteiger partial charge is 0.406 e. The molecule has 2 aromatic heterocycles. The SMILES string of the molecule is CS(=O)(=O)NCC(Nc1ncc(-c2nnn[nH]2)cn1)c1ccc(OC(F)(F)F)cc1. The molecule has 3 aromatic rings. The van der Waals surface area contributed by atoms with E-state index in [1.807, 2.05) is 0 Å². The Morgan fingerprint density at radius 3 is 2.37 bits per heavy atom. The van der Waals surface area contributed by atoms with Crippen molar-refractivity contribution in [2.24, 2.45) is 0 Å². The number of ether oxygens (including phenoxy) is 1. The van der Waals surface area contributed by atoms with Crippen LogP contribution in [0.1, 0.15) is 11.6 Å². The number of aromatic amines is 1. The number of rotatable bonds is 8. The first-order valence-electron chi connectivity index (χ1n) is 8.22. The molecule has 0 spiro atoms. The monoisotopic (exact) mass is 444 g/mol. The number of hydrogen-bond acceptors (Lipinski definition) is 9. The van der Waals surface area contributed by atoms with E-state index in [0.717, 1.165) is 18.4 Å². The molecule has 160 valence electrons. The van der Waals surface area contributed by atoms with Gasteiger partial charge in [-0.05, 0) is 28.1 Å². The number of benzene rings is 1. The van der Waals surface area contributed by atoms with Crippen LogP contribution >= 0.6 is 0 Å². The van der Waals surface area contributed by atoms with Gasteiger partial charge in [-0.15, -0.1) is 18.3 Å². The van der Waals surface area contributed by atoms with Crippen molar-refractivity contribution in [3.8, 4) is 17.1 Å². The fourth-order valence-corrected chi connectivity index (χ4v) is 2.82. The highest BCUT2D eigenvalue weighted by atomic mass is 32.2. The van der Waals surface area contributed by atoms with Crippen molar-refractivity contribution < 1.29 is 26.3 Å². The molecular weight excluding hydrogens is 429 g/mol. The van der Waals surface area contributed by atoms with Gasteiger partial charge in [0.25, 0.3) is 0 Å². The van der Waals surface area contributed by atoms with Crippen molar-refractivity contribution in [3.63, 3.8) is 0 Å². The van der Waals surface area contributed by atoms with Crippen LogP contribution in [0.3, 0.4) is 0 Å². The molecule has 0 bridgehead atoms. The van der Waals surface area contributed by atoms with E-state index in [2.05, 4.69) is 45.4 Å².